The first kappa shape index (κ1) is 30.0. The van der Waals surface area contributed by atoms with Gasteiger partial charge in [0.25, 0.3) is 5.91 Å². The molecule has 4 rings (SSSR count). The lowest BCUT2D eigenvalue weighted by Gasteiger charge is -2.32. The number of benzene rings is 1. The Morgan fingerprint density at radius 3 is 2.50 bits per heavy atom. The molecule has 1 amide bonds. The van der Waals surface area contributed by atoms with Crippen molar-refractivity contribution >= 4 is 27.8 Å². The number of carbonyl (C=O) groups excluding carboxylic acids is 1. The van der Waals surface area contributed by atoms with E-state index in [1.54, 1.807) is 26.0 Å². The van der Waals surface area contributed by atoms with Crippen LogP contribution in [0.2, 0.25) is 0 Å². The zero-order valence-electron chi connectivity index (χ0n) is 23.4. The van der Waals surface area contributed by atoms with Crippen molar-refractivity contribution in [3.05, 3.63) is 40.2 Å². The van der Waals surface area contributed by atoms with Gasteiger partial charge in [0.2, 0.25) is 21.6 Å². The fraction of sp³-hybridized carbons (Fsp3) is 0.593. The van der Waals surface area contributed by atoms with Crippen LogP contribution >= 0.6 is 0 Å². The van der Waals surface area contributed by atoms with E-state index < -0.39 is 33.7 Å². The number of aryl methyl sites for hydroxylation is 5. The van der Waals surface area contributed by atoms with Crippen LogP contribution in [0.15, 0.2) is 17.0 Å². The summed E-state index contributed by atoms with van der Waals surface area (Å²) in [4.78, 5) is 38.7. The predicted molar refractivity (Wildman–Crippen MR) is 149 cm³/mol. The Morgan fingerprint density at radius 2 is 1.85 bits per heavy atom. The van der Waals surface area contributed by atoms with Gasteiger partial charge in [0, 0.05) is 18.8 Å². The monoisotopic (exact) mass is 576 g/mol. The highest BCUT2D eigenvalue weighted by molar-refractivity contribution is 7.89. The molecule has 1 fully saturated rings. The van der Waals surface area contributed by atoms with E-state index >= 15 is 0 Å². The van der Waals surface area contributed by atoms with Crippen LogP contribution in [-0.2, 0) is 37.3 Å². The SMILES string of the molecule is Cc1cc(C)c(S(=O)(=O)NC(CCCCCNc2nc3c([nH]2)CCCC3)(NC(=O)C2CCNO2)C(=O)O)c(C)c1. The molecule has 6 N–H and O–H groups in total. The van der Waals surface area contributed by atoms with Gasteiger partial charge in [-0.05, 0) is 83.3 Å². The summed E-state index contributed by atoms with van der Waals surface area (Å²) in [6.45, 7) is 6.23. The molecule has 1 aliphatic carbocycles. The molecule has 2 aliphatic rings. The summed E-state index contributed by atoms with van der Waals surface area (Å²) >= 11 is 0. The fourth-order valence-corrected chi connectivity index (χ4v) is 7.30. The number of hydrogen-bond donors (Lipinski definition) is 6. The number of carbonyl (C=O) groups is 2. The van der Waals surface area contributed by atoms with Gasteiger partial charge >= 0.3 is 5.97 Å². The van der Waals surface area contributed by atoms with E-state index in [0.29, 0.717) is 49.9 Å². The van der Waals surface area contributed by atoms with Crippen molar-refractivity contribution < 1.29 is 28.0 Å². The van der Waals surface area contributed by atoms with E-state index in [1.807, 2.05) is 6.92 Å². The number of amides is 1. The number of rotatable bonds is 13. The highest BCUT2D eigenvalue weighted by Gasteiger charge is 2.45. The number of anilines is 1. The molecule has 220 valence electrons. The fourth-order valence-electron chi connectivity index (χ4n) is 5.53. The third-order valence-electron chi connectivity index (χ3n) is 7.39. The number of carboxylic acid groups (broad SMARTS) is 1. The first-order chi connectivity index (χ1) is 19.0. The Morgan fingerprint density at radius 1 is 1.12 bits per heavy atom. The van der Waals surface area contributed by atoms with Crippen molar-refractivity contribution in [3.8, 4) is 0 Å². The van der Waals surface area contributed by atoms with Gasteiger partial charge < -0.3 is 20.7 Å². The largest absolute Gasteiger partial charge is 0.478 e. The number of imidazole rings is 1. The Labute approximate surface area is 235 Å². The van der Waals surface area contributed by atoms with Gasteiger partial charge in [0.05, 0.1) is 10.6 Å². The summed E-state index contributed by atoms with van der Waals surface area (Å²) in [5, 5.41) is 16.1. The molecule has 1 aromatic heterocycles. The van der Waals surface area contributed by atoms with Crippen molar-refractivity contribution in [1.29, 1.82) is 0 Å². The second-order valence-electron chi connectivity index (χ2n) is 10.8. The summed E-state index contributed by atoms with van der Waals surface area (Å²) in [6, 6.07) is 3.45. The number of hydroxylamine groups is 1. The van der Waals surface area contributed by atoms with E-state index in [4.69, 9.17) is 4.84 Å². The number of aliphatic carboxylic acids is 1. The summed E-state index contributed by atoms with van der Waals surface area (Å²) in [5.41, 5.74) is 4.51. The molecule has 2 atom stereocenters. The summed E-state index contributed by atoms with van der Waals surface area (Å²) in [7, 11) is -4.32. The predicted octanol–water partition coefficient (Wildman–Crippen LogP) is 2.36. The Kier molecular flexibility index (Phi) is 9.49. The maximum atomic E-state index is 13.6. The molecular weight excluding hydrogens is 536 g/mol. The van der Waals surface area contributed by atoms with E-state index in [2.05, 4.69) is 30.8 Å². The number of nitrogens with zero attached hydrogens (tertiary/aromatic N) is 1. The van der Waals surface area contributed by atoms with Gasteiger partial charge in [-0.15, -0.1) is 0 Å². The van der Waals surface area contributed by atoms with Crippen molar-refractivity contribution in [3.63, 3.8) is 0 Å². The topological polar surface area (TPSA) is 175 Å². The number of fused-ring (bicyclic) bond motifs is 1. The third-order valence-corrected chi connectivity index (χ3v) is 9.18. The first-order valence-electron chi connectivity index (χ1n) is 13.9. The lowest BCUT2D eigenvalue weighted by Crippen LogP contribution is -2.66. The molecule has 2 unspecified atom stereocenters. The van der Waals surface area contributed by atoms with Crippen LogP contribution in [0.25, 0.3) is 0 Å². The second kappa shape index (κ2) is 12.7. The molecular formula is C27H40N6O6S. The number of hydrogen-bond acceptors (Lipinski definition) is 8. The molecule has 12 nitrogen and oxygen atoms in total. The molecule has 1 aliphatic heterocycles. The number of carboxylic acids is 1. The molecule has 0 bridgehead atoms. The van der Waals surface area contributed by atoms with Gasteiger partial charge in [0.1, 0.15) is 0 Å². The minimum Gasteiger partial charge on any atom is -0.478 e. The van der Waals surface area contributed by atoms with Gasteiger partial charge in [-0.2, -0.15) is 4.72 Å². The molecule has 1 aromatic carbocycles. The van der Waals surface area contributed by atoms with Gasteiger partial charge in [0.15, 0.2) is 6.10 Å². The molecule has 0 spiro atoms. The van der Waals surface area contributed by atoms with Crippen molar-refractivity contribution in [1.82, 2.24) is 25.5 Å². The van der Waals surface area contributed by atoms with Crippen LogP contribution in [-0.4, -0.2) is 60.2 Å². The molecule has 40 heavy (non-hydrogen) atoms. The highest BCUT2D eigenvalue weighted by atomic mass is 32.2. The van der Waals surface area contributed by atoms with Crippen LogP contribution in [0.3, 0.4) is 0 Å². The lowest BCUT2D eigenvalue weighted by molar-refractivity contribution is -0.151. The molecule has 2 aromatic rings. The summed E-state index contributed by atoms with van der Waals surface area (Å²) in [6.07, 6.45) is 5.22. The first-order valence-corrected chi connectivity index (χ1v) is 15.4. The minimum atomic E-state index is -4.32. The normalized spacial score (nSPS) is 18.6. The molecule has 1 saturated heterocycles. The van der Waals surface area contributed by atoms with E-state index in [1.165, 1.54) is 5.69 Å². The number of aromatic amines is 1. The van der Waals surface area contributed by atoms with Crippen molar-refractivity contribution in [2.75, 3.05) is 18.4 Å². The smallest absolute Gasteiger partial charge is 0.345 e. The highest BCUT2D eigenvalue weighted by Crippen LogP contribution is 2.25. The van der Waals surface area contributed by atoms with Crippen molar-refractivity contribution in [2.45, 2.75) is 95.2 Å². The minimum absolute atomic E-state index is 0.00195. The maximum Gasteiger partial charge on any atom is 0.345 e. The number of H-pyrrole nitrogens is 1. The Hall–Kier alpha value is -3.00. The number of sulfonamides is 1. The quantitative estimate of drug-likeness (QED) is 0.154. The molecule has 0 radical (unpaired) electrons. The number of unbranched alkanes of at least 4 members (excludes halogenated alkanes) is 2. The third kappa shape index (κ3) is 7.00. The van der Waals surface area contributed by atoms with Crippen LogP contribution in [0.5, 0.6) is 0 Å². The Balaban J connectivity index is 1.45. The molecule has 2 heterocycles. The second-order valence-corrected chi connectivity index (χ2v) is 12.4. The summed E-state index contributed by atoms with van der Waals surface area (Å²) < 4.78 is 29.5. The van der Waals surface area contributed by atoms with E-state index in [-0.39, 0.29) is 11.3 Å². The average molecular weight is 577 g/mol. The number of nitrogens with one attached hydrogen (secondary N) is 5. The zero-order valence-corrected chi connectivity index (χ0v) is 24.2. The standard InChI is InChI=1S/C27H40N6O6S/c1-17-15-18(2)23(19(3)16-17)40(37,38)33-27(25(35)36,32-24(34)22-11-14-29-39-22)12-7-4-8-13-28-26-30-20-9-5-6-10-21(20)31-26/h15-16,22,29,33H,4-14H2,1-3H3,(H,32,34)(H,35,36)(H2,28,30,31). The van der Waals surface area contributed by atoms with Crippen LogP contribution in [0.1, 0.15) is 73.0 Å². The zero-order chi connectivity index (χ0) is 28.9. The van der Waals surface area contributed by atoms with Crippen LogP contribution in [0.4, 0.5) is 5.95 Å². The average Bonchev–Trinajstić information content (AvgIpc) is 3.55. The number of aromatic nitrogens is 2. The maximum absolute atomic E-state index is 13.6. The van der Waals surface area contributed by atoms with Gasteiger partial charge in [-0.25, -0.2) is 23.7 Å². The van der Waals surface area contributed by atoms with E-state index in [9.17, 15) is 23.1 Å². The molecule has 0 saturated carbocycles. The van der Waals surface area contributed by atoms with Gasteiger partial charge in [-0.3, -0.25) is 9.63 Å². The Bertz CT molecular complexity index is 1290. The van der Waals surface area contributed by atoms with Crippen LogP contribution < -0.4 is 20.8 Å². The van der Waals surface area contributed by atoms with E-state index in [0.717, 1.165) is 42.9 Å². The lowest BCUT2D eigenvalue weighted by atomic mass is 10.0. The summed E-state index contributed by atoms with van der Waals surface area (Å²) in [5.74, 6) is -1.45. The van der Waals surface area contributed by atoms with Crippen molar-refractivity contribution in [2.24, 2.45) is 0 Å². The molecule has 13 heteroatoms. The van der Waals surface area contributed by atoms with Crippen LogP contribution in [0, 0.1) is 20.8 Å². The van der Waals surface area contributed by atoms with Gasteiger partial charge in [-0.1, -0.05) is 24.1 Å².